The van der Waals surface area contributed by atoms with Crippen molar-refractivity contribution in [2.45, 2.75) is 26.4 Å². The van der Waals surface area contributed by atoms with E-state index < -0.39 is 0 Å². The summed E-state index contributed by atoms with van der Waals surface area (Å²) in [6.07, 6.45) is 2.06. The Labute approximate surface area is 130 Å². The summed E-state index contributed by atoms with van der Waals surface area (Å²) in [6, 6.07) is 8.02. The molecule has 2 heterocycles. The molecule has 1 aromatic carbocycles. The molecule has 3 rings (SSSR count). The van der Waals surface area contributed by atoms with E-state index in [-0.39, 0.29) is 12.0 Å². The van der Waals surface area contributed by atoms with E-state index in [9.17, 15) is 4.79 Å². The van der Waals surface area contributed by atoms with Crippen LogP contribution in [0.5, 0.6) is 0 Å². The number of nitrogens with one attached hydrogen (secondary N) is 1. The first-order valence-corrected chi connectivity index (χ1v) is 7.59. The maximum atomic E-state index is 12.5. The number of rotatable bonds is 3. The standard InChI is InChI=1S/C17H21N3O2/c1-12-5-3-4-6-14(12)9-16(21)20-7-8-22-15(11-20)17-18-10-13(2)19-17/h3-6,10,15H,7-9,11H2,1-2H3,(H,18,19)/t15-/m0/s1. The van der Waals surface area contributed by atoms with Gasteiger partial charge in [-0.15, -0.1) is 0 Å². The maximum Gasteiger partial charge on any atom is 0.227 e. The highest BCUT2D eigenvalue weighted by atomic mass is 16.5. The number of nitrogens with zero attached hydrogens (tertiary/aromatic N) is 2. The Morgan fingerprint density at radius 1 is 1.41 bits per heavy atom. The fraction of sp³-hybridized carbons (Fsp3) is 0.412. The molecule has 0 spiro atoms. The number of amides is 1. The molecule has 5 nitrogen and oxygen atoms in total. The van der Waals surface area contributed by atoms with Gasteiger partial charge in [0.1, 0.15) is 11.9 Å². The Bertz CT molecular complexity index is 665. The summed E-state index contributed by atoms with van der Waals surface area (Å²) in [5, 5.41) is 0. The van der Waals surface area contributed by atoms with Gasteiger partial charge in [0.2, 0.25) is 5.91 Å². The molecular formula is C17H21N3O2. The van der Waals surface area contributed by atoms with Crippen LogP contribution in [0.4, 0.5) is 0 Å². The fourth-order valence-corrected chi connectivity index (χ4v) is 2.72. The summed E-state index contributed by atoms with van der Waals surface area (Å²) < 4.78 is 5.74. The summed E-state index contributed by atoms with van der Waals surface area (Å²) in [6.45, 7) is 5.74. The second kappa shape index (κ2) is 6.32. The van der Waals surface area contributed by atoms with Crippen LogP contribution in [-0.4, -0.2) is 40.5 Å². The molecule has 0 bridgehead atoms. The van der Waals surface area contributed by atoms with E-state index in [4.69, 9.17) is 4.74 Å². The molecule has 1 aliphatic heterocycles. The zero-order chi connectivity index (χ0) is 15.5. The van der Waals surface area contributed by atoms with Gasteiger partial charge in [0, 0.05) is 18.4 Å². The van der Waals surface area contributed by atoms with Crippen molar-refractivity contribution in [3.8, 4) is 0 Å². The molecular weight excluding hydrogens is 278 g/mol. The van der Waals surface area contributed by atoms with Crippen molar-refractivity contribution in [3.63, 3.8) is 0 Å². The van der Waals surface area contributed by atoms with Crippen molar-refractivity contribution < 1.29 is 9.53 Å². The number of aromatic nitrogens is 2. The van der Waals surface area contributed by atoms with Gasteiger partial charge in [0.15, 0.2) is 0 Å². The number of hydrogen-bond donors (Lipinski definition) is 1. The molecule has 0 radical (unpaired) electrons. The monoisotopic (exact) mass is 299 g/mol. The largest absolute Gasteiger partial charge is 0.367 e. The van der Waals surface area contributed by atoms with E-state index >= 15 is 0 Å². The lowest BCUT2D eigenvalue weighted by atomic mass is 10.1. The Kier molecular flexibility index (Phi) is 4.24. The number of aryl methyl sites for hydroxylation is 2. The van der Waals surface area contributed by atoms with Gasteiger partial charge in [-0.2, -0.15) is 0 Å². The zero-order valence-electron chi connectivity index (χ0n) is 13.0. The molecule has 22 heavy (non-hydrogen) atoms. The highest BCUT2D eigenvalue weighted by molar-refractivity contribution is 5.79. The number of carbonyl (C=O) groups is 1. The van der Waals surface area contributed by atoms with Crippen LogP contribution in [0.25, 0.3) is 0 Å². The van der Waals surface area contributed by atoms with E-state index in [2.05, 4.69) is 9.97 Å². The normalized spacial score (nSPS) is 18.5. The zero-order valence-corrected chi connectivity index (χ0v) is 13.0. The van der Waals surface area contributed by atoms with E-state index in [0.29, 0.717) is 26.1 Å². The van der Waals surface area contributed by atoms with Gasteiger partial charge in [0.05, 0.1) is 19.6 Å². The van der Waals surface area contributed by atoms with Crippen LogP contribution in [0.2, 0.25) is 0 Å². The van der Waals surface area contributed by atoms with Crippen molar-refractivity contribution >= 4 is 5.91 Å². The van der Waals surface area contributed by atoms with Crippen molar-refractivity contribution in [2.24, 2.45) is 0 Å². The minimum Gasteiger partial charge on any atom is -0.367 e. The Morgan fingerprint density at radius 3 is 2.95 bits per heavy atom. The summed E-state index contributed by atoms with van der Waals surface area (Å²) in [7, 11) is 0. The quantitative estimate of drug-likeness (QED) is 0.945. The summed E-state index contributed by atoms with van der Waals surface area (Å²) >= 11 is 0. The summed E-state index contributed by atoms with van der Waals surface area (Å²) in [4.78, 5) is 21.9. The number of carbonyl (C=O) groups excluding carboxylic acids is 1. The van der Waals surface area contributed by atoms with Gasteiger partial charge in [-0.3, -0.25) is 4.79 Å². The SMILES string of the molecule is Cc1cnc([C@@H]2CN(C(=O)Cc3ccccc3C)CCO2)[nH]1. The van der Waals surface area contributed by atoms with E-state index in [1.54, 1.807) is 6.20 Å². The number of aromatic amines is 1. The van der Waals surface area contributed by atoms with Crippen LogP contribution >= 0.6 is 0 Å². The van der Waals surface area contributed by atoms with Crippen LogP contribution in [0.15, 0.2) is 30.5 Å². The van der Waals surface area contributed by atoms with Crippen molar-refractivity contribution in [2.75, 3.05) is 19.7 Å². The van der Waals surface area contributed by atoms with Crippen molar-refractivity contribution in [1.29, 1.82) is 0 Å². The molecule has 1 aliphatic rings. The van der Waals surface area contributed by atoms with Crippen LogP contribution in [0.1, 0.15) is 28.7 Å². The smallest absolute Gasteiger partial charge is 0.227 e. The molecule has 1 amide bonds. The fourth-order valence-electron chi connectivity index (χ4n) is 2.72. The third-order valence-corrected chi connectivity index (χ3v) is 4.05. The van der Waals surface area contributed by atoms with Crippen molar-refractivity contribution in [3.05, 3.63) is 53.1 Å². The van der Waals surface area contributed by atoms with Gasteiger partial charge in [0.25, 0.3) is 0 Å². The molecule has 1 N–H and O–H groups in total. The lowest BCUT2D eigenvalue weighted by Crippen LogP contribution is -2.43. The highest BCUT2D eigenvalue weighted by Crippen LogP contribution is 2.20. The summed E-state index contributed by atoms with van der Waals surface area (Å²) in [5.41, 5.74) is 3.24. The van der Waals surface area contributed by atoms with Crippen LogP contribution in [0, 0.1) is 13.8 Å². The molecule has 1 aromatic heterocycles. The number of morpholine rings is 1. The van der Waals surface area contributed by atoms with Gasteiger partial charge < -0.3 is 14.6 Å². The third-order valence-electron chi connectivity index (χ3n) is 4.05. The van der Waals surface area contributed by atoms with E-state index in [1.165, 1.54) is 0 Å². The Morgan fingerprint density at radius 2 is 2.23 bits per heavy atom. The minimum absolute atomic E-state index is 0.144. The molecule has 0 unspecified atom stereocenters. The van der Waals surface area contributed by atoms with E-state index in [0.717, 1.165) is 22.6 Å². The molecule has 5 heteroatoms. The van der Waals surface area contributed by atoms with Gasteiger partial charge in [-0.1, -0.05) is 24.3 Å². The topological polar surface area (TPSA) is 58.2 Å². The second-order valence-electron chi connectivity index (χ2n) is 5.75. The van der Waals surface area contributed by atoms with Crippen LogP contribution < -0.4 is 0 Å². The number of H-pyrrole nitrogens is 1. The second-order valence-corrected chi connectivity index (χ2v) is 5.75. The predicted octanol–water partition coefficient (Wildman–Crippen LogP) is 2.17. The van der Waals surface area contributed by atoms with Gasteiger partial charge >= 0.3 is 0 Å². The van der Waals surface area contributed by atoms with Crippen molar-refractivity contribution in [1.82, 2.24) is 14.9 Å². The molecule has 116 valence electrons. The lowest BCUT2D eigenvalue weighted by molar-refractivity contribution is -0.138. The number of hydrogen-bond acceptors (Lipinski definition) is 3. The molecule has 1 atom stereocenters. The molecule has 1 fully saturated rings. The predicted molar refractivity (Wildman–Crippen MR) is 83.5 cm³/mol. The average Bonchev–Trinajstić information content (AvgIpc) is 2.96. The van der Waals surface area contributed by atoms with Gasteiger partial charge in [-0.05, 0) is 25.0 Å². The number of benzene rings is 1. The first kappa shape index (κ1) is 14.8. The van der Waals surface area contributed by atoms with E-state index in [1.807, 2.05) is 43.0 Å². The maximum absolute atomic E-state index is 12.5. The molecule has 0 saturated carbocycles. The minimum atomic E-state index is -0.164. The molecule has 1 saturated heterocycles. The molecule has 0 aliphatic carbocycles. The lowest BCUT2D eigenvalue weighted by Gasteiger charge is -2.32. The van der Waals surface area contributed by atoms with Gasteiger partial charge in [-0.25, -0.2) is 4.98 Å². The number of ether oxygens (including phenoxy) is 1. The Hall–Kier alpha value is -2.14. The first-order chi connectivity index (χ1) is 10.6. The Balaban J connectivity index is 1.66. The average molecular weight is 299 g/mol. The van der Waals surface area contributed by atoms with Crippen LogP contribution in [0.3, 0.4) is 0 Å². The molecule has 2 aromatic rings. The van der Waals surface area contributed by atoms with Crippen LogP contribution in [-0.2, 0) is 16.0 Å². The summed E-state index contributed by atoms with van der Waals surface area (Å²) in [5.74, 6) is 0.941. The highest BCUT2D eigenvalue weighted by Gasteiger charge is 2.27. The first-order valence-electron chi connectivity index (χ1n) is 7.59. The number of imidazole rings is 1. The third kappa shape index (κ3) is 3.20.